The largest absolute Gasteiger partial charge is 0.508 e. The third-order valence-corrected chi connectivity index (χ3v) is 4.42. The number of hydrogen-bond acceptors (Lipinski definition) is 2. The van der Waals surface area contributed by atoms with Crippen LogP contribution in [-0.4, -0.2) is 10.2 Å². The number of hydrogen-bond donors (Lipinski definition) is 2. The number of benzene rings is 1. The number of rotatable bonds is 10. The molecular weight excluding hydrogens is 284 g/mol. The molecule has 3 heteroatoms. The maximum atomic E-state index is 9.91. The van der Waals surface area contributed by atoms with Gasteiger partial charge >= 0.3 is 0 Å². The highest BCUT2D eigenvalue weighted by Gasteiger charge is 2.13. The molecule has 0 fully saturated rings. The zero-order valence-electron chi connectivity index (χ0n) is 13.4. The van der Waals surface area contributed by atoms with E-state index in [4.69, 9.17) is 11.6 Å². The fourth-order valence-electron chi connectivity index (χ4n) is 2.70. The molecule has 0 radical (unpaired) electrons. The van der Waals surface area contributed by atoms with E-state index in [1.807, 2.05) is 0 Å². The van der Waals surface area contributed by atoms with E-state index in [9.17, 15) is 10.2 Å². The van der Waals surface area contributed by atoms with Crippen molar-refractivity contribution in [3.63, 3.8) is 0 Å². The second-order valence-electron chi connectivity index (χ2n) is 6.03. The summed E-state index contributed by atoms with van der Waals surface area (Å²) in [6.07, 6.45) is 11.5. The Hall–Kier alpha value is -0.890. The molecule has 0 aromatic heterocycles. The third-order valence-electron chi connectivity index (χ3n) is 4.12. The predicted molar refractivity (Wildman–Crippen MR) is 90.4 cm³/mol. The highest BCUT2D eigenvalue weighted by atomic mass is 35.5. The summed E-state index contributed by atoms with van der Waals surface area (Å²) in [5.41, 5.74) is 0.792. The van der Waals surface area contributed by atoms with Crippen LogP contribution in [0.3, 0.4) is 0 Å². The Balaban J connectivity index is 2.25. The van der Waals surface area contributed by atoms with Crippen LogP contribution in [0.2, 0.25) is 5.02 Å². The summed E-state index contributed by atoms with van der Waals surface area (Å²) in [6.45, 7) is 4.33. The maximum Gasteiger partial charge on any atom is 0.134 e. The fourth-order valence-corrected chi connectivity index (χ4v) is 2.86. The van der Waals surface area contributed by atoms with Gasteiger partial charge in [-0.15, -0.1) is 0 Å². The molecule has 2 nitrogen and oxygen atoms in total. The van der Waals surface area contributed by atoms with Gasteiger partial charge in [0.1, 0.15) is 11.5 Å². The van der Waals surface area contributed by atoms with Gasteiger partial charge in [-0.25, -0.2) is 0 Å². The van der Waals surface area contributed by atoms with Gasteiger partial charge in [-0.1, -0.05) is 76.8 Å². The molecule has 0 aliphatic carbocycles. The fraction of sp³-hybridized carbons (Fsp3) is 0.667. The van der Waals surface area contributed by atoms with E-state index in [2.05, 4.69) is 13.8 Å². The Morgan fingerprint density at radius 3 is 2.10 bits per heavy atom. The van der Waals surface area contributed by atoms with Crippen LogP contribution in [-0.2, 0) is 0 Å². The SMILES string of the molecule is CCCCCCCCCCC(C)c1cc(O)c(Cl)cc1O. The summed E-state index contributed by atoms with van der Waals surface area (Å²) in [7, 11) is 0. The van der Waals surface area contributed by atoms with E-state index in [1.54, 1.807) is 6.07 Å². The molecule has 1 rings (SSSR count). The number of aromatic hydroxyl groups is 2. The molecule has 2 N–H and O–H groups in total. The standard InChI is InChI=1S/C18H29ClO2/c1-3-4-5-6-7-8-9-10-11-14(2)15-12-18(21)16(19)13-17(15)20/h12-14,20-21H,3-11H2,1-2H3. The van der Waals surface area contributed by atoms with E-state index in [-0.39, 0.29) is 22.4 Å². The first kappa shape index (κ1) is 18.2. The average Bonchev–Trinajstić information content (AvgIpc) is 2.45. The van der Waals surface area contributed by atoms with Gasteiger partial charge in [-0.3, -0.25) is 0 Å². The zero-order chi connectivity index (χ0) is 15.7. The predicted octanol–water partition coefficient (Wildman–Crippen LogP) is 6.39. The smallest absolute Gasteiger partial charge is 0.134 e. The quantitative estimate of drug-likeness (QED) is 0.388. The van der Waals surface area contributed by atoms with Crippen LogP contribution in [0.15, 0.2) is 12.1 Å². The van der Waals surface area contributed by atoms with Crippen molar-refractivity contribution in [1.29, 1.82) is 0 Å². The number of halogens is 1. The average molecular weight is 313 g/mol. The lowest BCUT2D eigenvalue weighted by molar-refractivity contribution is 0.445. The van der Waals surface area contributed by atoms with Crippen LogP contribution < -0.4 is 0 Å². The Labute approximate surface area is 134 Å². The molecule has 1 aromatic carbocycles. The van der Waals surface area contributed by atoms with Crippen LogP contribution in [0.5, 0.6) is 11.5 Å². The second-order valence-corrected chi connectivity index (χ2v) is 6.43. The molecule has 1 unspecified atom stereocenters. The van der Waals surface area contributed by atoms with Crippen molar-refractivity contribution < 1.29 is 10.2 Å². The molecule has 0 saturated carbocycles. The molecule has 1 aromatic rings. The molecule has 0 aliphatic rings. The zero-order valence-corrected chi connectivity index (χ0v) is 14.1. The summed E-state index contributed by atoms with van der Waals surface area (Å²) in [5, 5.41) is 19.8. The van der Waals surface area contributed by atoms with Crippen molar-refractivity contribution in [2.24, 2.45) is 0 Å². The van der Waals surface area contributed by atoms with Crippen LogP contribution >= 0.6 is 11.6 Å². The Morgan fingerprint density at radius 1 is 0.905 bits per heavy atom. The number of unbranched alkanes of at least 4 members (excludes halogenated alkanes) is 7. The minimum absolute atomic E-state index is 0.0484. The van der Waals surface area contributed by atoms with Gasteiger partial charge in [-0.2, -0.15) is 0 Å². The molecule has 120 valence electrons. The van der Waals surface area contributed by atoms with Gasteiger partial charge in [0, 0.05) is 11.6 Å². The van der Waals surface area contributed by atoms with E-state index >= 15 is 0 Å². The minimum atomic E-state index is 0.0484. The van der Waals surface area contributed by atoms with Crippen molar-refractivity contribution in [1.82, 2.24) is 0 Å². The molecule has 0 spiro atoms. The van der Waals surface area contributed by atoms with Gasteiger partial charge < -0.3 is 10.2 Å². The van der Waals surface area contributed by atoms with Crippen molar-refractivity contribution in [3.8, 4) is 11.5 Å². The van der Waals surface area contributed by atoms with Gasteiger partial charge in [0.2, 0.25) is 0 Å². The Bertz CT molecular complexity index is 418. The van der Waals surface area contributed by atoms with Gasteiger partial charge in [-0.05, 0) is 18.4 Å². The Morgan fingerprint density at radius 2 is 1.48 bits per heavy atom. The van der Waals surface area contributed by atoms with Crippen molar-refractivity contribution in [2.45, 2.75) is 77.6 Å². The lowest BCUT2D eigenvalue weighted by Gasteiger charge is -2.14. The summed E-state index contributed by atoms with van der Waals surface area (Å²) in [4.78, 5) is 0. The van der Waals surface area contributed by atoms with Crippen LogP contribution in [0.25, 0.3) is 0 Å². The van der Waals surface area contributed by atoms with Crippen LogP contribution in [0, 0.1) is 0 Å². The minimum Gasteiger partial charge on any atom is -0.508 e. The van der Waals surface area contributed by atoms with E-state index in [1.165, 1.54) is 51.0 Å². The molecule has 0 heterocycles. The van der Waals surface area contributed by atoms with Crippen molar-refractivity contribution in [2.75, 3.05) is 0 Å². The van der Waals surface area contributed by atoms with Gasteiger partial charge in [0.25, 0.3) is 0 Å². The number of phenols is 2. The van der Waals surface area contributed by atoms with Crippen molar-refractivity contribution >= 4 is 11.6 Å². The molecule has 0 saturated heterocycles. The highest BCUT2D eigenvalue weighted by Crippen LogP contribution is 2.36. The molecule has 21 heavy (non-hydrogen) atoms. The van der Waals surface area contributed by atoms with E-state index in [0.29, 0.717) is 0 Å². The monoisotopic (exact) mass is 312 g/mol. The first-order valence-corrected chi connectivity index (χ1v) is 8.65. The Kier molecular flexibility index (Phi) is 8.60. The summed E-state index contributed by atoms with van der Waals surface area (Å²) in [5.74, 6) is 0.477. The normalized spacial score (nSPS) is 12.5. The molecule has 0 aliphatic heterocycles. The third kappa shape index (κ3) is 6.60. The van der Waals surface area contributed by atoms with Crippen molar-refractivity contribution in [3.05, 3.63) is 22.7 Å². The highest BCUT2D eigenvalue weighted by molar-refractivity contribution is 6.32. The van der Waals surface area contributed by atoms with Gasteiger partial charge in [0.15, 0.2) is 0 Å². The topological polar surface area (TPSA) is 40.5 Å². The first-order chi connectivity index (χ1) is 10.1. The van der Waals surface area contributed by atoms with E-state index in [0.717, 1.165) is 18.4 Å². The van der Waals surface area contributed by atoms with E-state index < -0.39 is 0 Å². The van der Waals surface area contributed by atoms with Gasteiger partial charge in [0.05, 0.1) is 5.02 Å². The molecular formula is C18H29ClO2. The summed E-state index contributed by atoms with van der Waals surface area (Å²) in [6, 6.07) is 3.02. The molecule has 0 amide bonds. The summed E-state index contributed by atoms with van der Waals surface area (Å²) < 4.78 is 0. The lowest BCUT2D eigenvalue weighted by Crippen LogP contribution is -1.95. The lowest BCUT2D eigenvalue weighted by atomic mass is 9.93. The van der Waals surface area contributed by atoms with Crippen LogP contribution in [0.1, 0.15) is 83.1 Å². The van der Waals surface area contributed by atoms with Crippen LogP contribution in [0.4, 0.5) is 0 Å². The second kappa shape index (κ2) is 9.94. The molecule has 0 bridgehead atoms. The maximum absolute atomic E-state index is 9.91. The number of phenolic OH excluding ortho intramolecular Hbond substituents is 2. The first-order valence-electron chi connectivity index (χ1n) is 8.27. The summed E-state index contributed by atoms with van der Waals surface area (Å²) >= 11 is 5.78. The molecule has 1 atom stereocenters.